The number of nitrogens with one attached hydrogen (secondary N) is 2. The Labute approximate surface area is 157 Å². The Kier molecular flexibility index (Phi) is 5.27. The molecule has 3 saturated heterocycles. The summed E-state index contributed by atoms with van der Waals surface area (Å²) in [6.45, 7) is 2.82. The molecule has 1 aromatic rings. The number of anilines is 2. The number of carbonyl (C=O) groups is 2. The van der Waals surface area contributed by atoms with Crippen molar-refractivity contribution >= 4 is 23.2 Å². The minimum atomic E-state index is -0.518. The maximum absolute atomic E-state index is 14.7. The first-order valence-electron chi connectivity index (χ1n) is 9.48. The molecule has 27 heavy (non-hydrogen) atoms. The van der Waals surface area contributed by atoms with Crippen LogP contribution in [0.5, 0.6) is 0 Å². The summed E-state index contributed by atoms with van der Waals surface area (Å²) in [6.07, 6.45) is 2.39. The molecule has 0 saturated carbocycles. The molecule has 0 radical (unpaired) electrons. The first-order chi connectivity index (χ1) is 13.1. The fourth-order valence-corrected chi connectivity index (χ4v) is 3.95. The molecule has 1 aromatic carbocycles. The number of rotatable bonds is 4. The Bertz CT molecular complexity index is 715. The number of halogens is 1. The van der Waals surface area contributed by atoms with Gasteiger partial charge in [-0.15, -0.1) is 0 Å². The zero-order valence-corrected chi connectivity index (χ0v) is 15.1. The van der Waals surface area contributed by atoms with Crippen LogP contribution < -0.4 is 15.5 Å². The quantitative estimate of drug-likeness (QED) is 0.777. The number of piperidine rings is 2. The summed E-state index contributed by atoms with van der Waals surface area (Å²) >= 11 is 0. The largest absolute Gasteiger partial charge is 0.374 e. The third-order valence-electron chi connectivity index (χ3n) is 5.44. The number of amides is 2. The van der Waals surface area contributed by atoms with Crippen LogP contribution in [0.2, 0.25) is 0 Å². The van der Waals surface area contributed by atoms with Crippen molar-refractivity contribution < 1.29 is 23.5 Å². The van der Waals surface area contributed by atoms with E-state index >= 15 is 0 Å². The number of ether oxygens (including phenoxy) is 2. The van der Waals surface area contributed by atoms with Crippen molar-refractivity contribution in [2.24, 2.45) is 5.92 Å². The summed E-state index contributed by atoms with van der Waals surface area (Å²) in [6, 6.07) is 4.41. The van der Waals surface area contributed by atoms with E-state index in [2.05, 4.69) is 10.6 Å². The van der Waals surface area contributed by atoms with Gasteiger partial charge < -0.3 is 19.7 Å². The number of hydrogen-bond donors (Lipinski definition) is 2. The topological polar surface area (TPSA) is 79.9 Å². The molecular formula is C19H24FN3O4. The van der Waals surface area contributed by atoms with Crippen LogP contribution in [0, 0.1) is 11.7 Å². The predicted molar refractivity (Wildman–Crippen MR) is 96.8 cm³/mol. The lowest BCUT2D eigenvalue weighted by molar-refractivity contribution is -0.133. The molecule has 1 atom stereocenters. The molecule has 146 valence electrons. The number of hydrogen-bond acceptors (Lipinski definition) is 6. The Morgan fingerprint density at radius 2 is 1.85 bits per heavy atom. The van der Waals surface area contributed by atoms with Gasteiger partial charge in [0, 0.05) is 31.1 Å². The third-order valence-corrected chi connectivity index (χ3v) is 5.44. The van der Waals surface area contributed by atoms with E-state index in [1.807, 2.05) is 4.90 Å². The number of imide groups is 1. The number of benzene rings is 1. The lowest BCUT2D eigenvalue weighted by atomic mass is 9.95. The van der Waals surface area contributed by atoms with E-state index in [1.54, 1.807) is 12.1 Å². The highest BCUT2D eigenvalue weighted by Gasteiger charge is 2.31. The van der Waals surface area contributed by atoms with Crippen LogP contribution in [0.4, 0.5) is 15.8 Å². The lowest BCUT2D eigenvalue weighted by Crippen LogP contribution is -2.47. The lowest BCUT2D eigenvalue weighted by Gasteiger charge is -2.35. The van der Waals surface area contributed by atoms with Crippen molar-refractivity contribution in [3.05, 3.63) is 24.0 Å². The van der Waals surface area contributed by atoms with Crippen LogP contribution in [-0.4, -0.2) is 50.4 Å². The number of carbonyl (C=O) groups excluding carboxylic acids is 2. The van der Waals surface area contributed by atoms with Crippen molar-refractivity contribution in [3.8, 4) is 0 Å². The molecule has 2 amide bonds. The van der Waals surface area contributed by atoms with Crippen molar-refractivity contribution in [2.75, 3.05) is 36.5 Å². The molecule has 8 heteroatoms. The Morgan fingerprint density at radius 3 is 2.52 bits per heavy atom. The van der Waals surface area contributed by atoms with Crippen LogP contribution >= 0.6 is 0 Å². The van der Waals surface area contributed by atoms with Crippen LogP contribution in [0.1, 0.15) is 25.7 Å². The van der Waals surface area contributed by atoms with E-state index in [-0.39, 0.29) is 30.3 Å². The van der Waals surface area contributed by atoms with Gasteiger partial charge in [-0.3, -0.25) is 14.9 Å². The molecule has 0 bridgehead atoms. The Hall–Kier alpha value is -2.19. The molecule has 2 N–H and O–H groups in total. The summed E-state index contributed by atoms with van der Waals surface area (Å²) in [5.74, 6) is -0.593. The van der Waals surface area contributed by atoms with E-state index < -0.39 is 6.04 Å². The van der Waals surface area contributed by atoms with E-state index in [1.165, 1.54) is 6.07 Å². The van der Waals surface area contributed by atoms with Crippen molar-refractivity contribution in [1.82, 2.24) is 5.32 Å². The van der Waals surface area contributed by atoms with Gasteiger partial charge >= 0.3 is 0 Å². The molecule has 4 rings (SSSR count). The first kappa shape index (κ1) is 18.2. The minimum absolute atomic E-state index is 0.114. The molecule has 1 unspecified atom stereocenters. The predicted octanol–water partition coefficient (Wildman–Crippen LogP) is 1.63. The molecule has 3 aliphatic rings. The second-order valence-corrected chi connectivity index (χ2v) is 7.25. The van der Waals surface area contributed by atoms with E-state index in [0.717, 1.165) is 25.9 Å². The van der Waals surface area contributed by atoms with Gasteiger partial charge in [-0.25, -0.2) is 4.39 Å². The van der Waals surface area contributed by atoms with Crippen LogP contribution in [0.15, 0.2) is 18.2 Å². The molecule has 0 spiro atoms. The first-order valence-corrected chi connectivity index (χ1v) is 9.48. The Morgan fingerprint density at radius 1 is 1.11 bits per heavy atom. The SMILES string of the molecule is O=C1CCC(Nc2ccc(N3CCC(C4OCCO4)CC3)c(F)c2)C(=O)N1. The molecule has 3 aliphatic heterocycles. The third kappa shape index (κ3) is 4.06. The second kappa shape index (κ2) is 7.82. The van der Waals surface area contributed by atoms with Gasteiger partial charge in [0.1, 0.15) is 11.9 Å². The minimum Gasteiger partial charge on any atom is -0.374 e. The van der Waals surface area contributed by atoms with Gasteiger partial charge in [0.25, 0.3) is 0 Å². The van der Waals surface area contributed by atoms with Gasteiger partial charge in [-0.2, -0.15) is 0 Å². The average molecular weight is 377 g/mol. The Balaban J connectivity index is 1.36. The fourth-order valence-electron chi connectivity index (χ4n) is 3.95. The van der Waals surface area contributed by atoms with Gasteiger partial charge in [0.15, 0.2) is 6.29 Å². The fraction of sp³-hybridized carbons (Fsp3) is 0.579. The molecule has 7 nitrogen and oxygen atoms in total. The van der Waals surface area contributed by atoms with Crippen LogP contribution in [0.3, 0.4) is 0 Å². The van der Waals surface area contributed by atoms with Gasteiger partial charge in [-0.1, -0.05) is 0 Å². The number of nitrogens with zero attached hydrogens (tertiary/aromatic N) is 1. The maximum Gasteiger partial charge on any atom is 0.249 e. The smallest absolute Gasteiger partial charge is 0.249 e. The highest BCUT2D eigenvalue weighted by Crippen LogP contribution is 2.31. The summed E-state index contributed by atoms with van der Waals surface area (Å²) in [5, 5.41) is 5.30. The summed E-state index contributed by atoms with van der Waals surface area (Å²) in [7, 11) is 0. The molecular weight excluding hydrogens is 353 g/mol. The highest BCUT2D eigenvalue weighted by atomic mass is 19.1. The molecule has 0 aliphatic carbocycles. The summed E-state index contributed by atoms with van der Waals surface area (Å²) in [4.78, 5) is 25.1. The van der Waals surface area contributed by atoms with Crippen LogP contribution in [-0.2, 0) is 19.1 Å². The maximum atomic E-state index is 14.7. The van der Waals surface area contributed by atoms with Gasteiger partial charge in [0.2, 0.25) is 11.8 Å². The van der Waals surface area contributed by atoms with Crippen molar-refractivity contribution in [1.29, 1.82) is 0 Å². The monoisotopic (exact) mass is 377 g/mol. The molecule has 0 aromatic heterocycles. The summed E-state index contributed by atoms with van der Waals surface area (Å²) in [5.41, 5.74) is 1.10. The van der Waals surface area contributed by atoms with Crippen LogP contribution in [0.25, 0.3) is 0 Å². The van der Waals surface area contributed by atoms with E-state index in [0.29, 0.717) is 36.9 Å². The highest BCUT2D eigenvalue weighted by molar-refractivity contribution is 6.01. The zero-order valence-electron chi connectivity index (χ0n) is 15.1. The van der Waals surface area contributed by atoms with Gasteiger partial charge in [-0.05, 0) is 37.5 Å². The summed E-state index contributed by atoms with van der Waals surface area (Å²) < 4.78 is 25.8. The molecule has 3 fully saturated rings. The van der Waals surface area contributed by atoms with E-state index in [9.17, 15) is 14.0 Å². The van der Waals surface area contributed by atoms with Crippen molar-refractivity contribution in [2.45, 2.75) is 38.0 Å². The average Bonchev–Trinajstić information content (AvgIpc) is 3.19. The van der Waals surface area contributed by atoms with E-state index in [4.69, 9.17) is 9.47 Å². The van der Waals surface area contributed by atoms with Crippen molar-refractivity contribution in [3.63, 3.8) is 0 Å². The molecule has 3 heterocycles. The van der Waals surface area contributed by atoms with Gasteiger partial charge in [0.05, 0.1) is 18.9 Å². The zero-order chi connectivity index (χ0) is 18.8. The second-order valence-electron chi connectivity index (χ2n) is 7.25. The standard InChI is InChI=1S/C19H24FN3O4/c20-14-11-13(21-15-2-4-17(24)22-18(15)25)1-3-16(14)23-7-5-12(6-8-23)19-26-9-10-27-19/h1,3,11-12,15,19,21H,2,4-10H2,(H,22,24,25). The normalized spacial score (nSPS) is 24.9.